The summed E-state index contributed by atoms with van der Waals surface area (Å²) in [4.78, 5) is 10.4. The van der Waals surface area contributed by atoms with Gasteiger partial charge in [0.1, 0.15) is 0 Å². The van der Waals surface area contributed by atoms with Gasteiger partial charge in [-0.1, -0.05) is 0 Å². The van der Waals surface area contributed by atoms with E-state index in [9.17, 15) is 13.6 Å². The van der Waals surface area contributed by atoms with Gasteiger partial charge in [-0.15, -0.1) is 0 Å². The summed E-state index contributed by atoms with van der Waals surface area (Å²) in [5.41, 5.74) is 0.132. The van der Waals surface area contributed by atoms with E-state index in [-0.39, 0.29) is 18.4 Å². The van der Waals surface area contributed by atoms with Crippen molar-refractivity contribution in [1.82, 2.24) is 0 Å². The summed E-state index contributed by atoms with van der Waals surface area (Å²) in [5, 5.41) is 8.56. The zero-order chi connectivity index (χ0) is 9.14. The third-order valence-corrected chi connectivity index (χ3v) is 2.21. The van der Waals surface area contributed by atoms with Crippen molar-refractivity contribution >= 4 is 5.97 Å². The first-order valence-electron chi connectivity index (χ1n) is 3.87. The van der Waals surface area contributed by atoms with E-state index in [4.69, 9.17) is 5.11 Å². The number of hydrogen-bond donors (Lipinski definition) is 1. The van der Waals surface area contributed by atoms with Gasteiger partial charge in [0.15, 0.2) is 0 Å². The number of aliphatic carboxylic acids is 1. The number of carboxylic acid groups (broad SMARTS) is 1. The Morgan fingerprint density at radius 1 is 1.33 bits per heavy atom. The monoisotopic (exact) mass is 176 g/mol. The quantitative estimate of drug-likeness (QED) is 0.666. The van der Waals surface area contributed by atoms with Crippen molar-refractivity contribution in [2.24, 2.45) is 5.92 Å². The second kappa shape index (κ2) is 3.65. The van der Waals surface area contributed by atoms with Crippen LogP contribution in [0.2, 0.25) is 0 Å². The van der Waals surface area contributed by atoms with Crippen LogP contribution in [0.25, 0.3) is 0 Å². The normalized spacial score (nSPS) is 23.8. The average Bonchev–Trinajstić information content (AvgIpc) is 2.04. The van der Waals surface area contributed by atoms with Gasteiger partial charge in [0.25, 0.3) is 6.08 Å². The standard InChI is InChI=1S/C8H10F2O2/c9-7(10)5-1-3-6(4-2-5)8(11)12/h6H,1-4H2,(H,11,12). The molecule has 1 fully saturated rings. The van der Waals surface area contributed by atoms with Crippen molar-refractivity contribution in [3.8, 4) is 0 Å². The van der Waals surface area contributed by atoms with Gasteiger partial charge in [-0.25, -0.2) is 0 Å². The van der Waals surface area contributed by atoms with Crippen LogP contribution in [0, 0.1) is 5.92 Å². The molecule has 0 aromatic rings. The molecule has 0 radical (unpaired) electrons. The fourth-order valence-electron chi connectivity index (χ4n) is 1.40. The van der Waals surface area contributed by atoms with E-state index in [1.165, 1.54) is 0 Å². The van der Waals surface area contributed by atoms with Crippen LogP contribution in [0.4, 0.5) is 8.78 Å². The molecule has 2 nitrogen and oxygen atoms in total. The van der Waals surface area contributed by atoms with Crippen molar-refractivity contribution in [2.75, 3.05) is 0 Å². The summed E-state index contributed by atoms with van der Waals surface area (Å²) in [7, 11) is 0. The molecule has 12 heavy (non-hydrogen) atoms. The molecule has 0 aromatic heterocycles. The molecule has 1 aliphatic carbocycles. The first-order chi connectivity index (χ1) is 5.61. The summed E-state index contributed by atoms with van der Waals surface area (Å²) < 4.78 is 24.0. The van der Waals surface area contributed by atoms with Crippen LogP contribution >= 0.6 is 0 Å². The van der Waals surface area contributed by atoms with E-state index in [2.05, 4.69) is 0 Å². The molecule has 1 aliphatic rings. The minimum absolute atomic E-state index is 0.132. The summed E-state index contributed by atoms with van der Waals surface area (Å²) >= 11 is 0. The fraction of sp³-hybridized carbons (Fsp3) is 0.625. The summed E-state index contributed by atoms with van der Waals surface area (Å²) in [6, 6.07) is 0. The maximum atomic E-state index is 12.0. The molecular formula is C8H10F2O2. The summed E-state index contributed by atoms with van der Waals surface area (Å²) in [5.74, 6) is -1.29. The van der Waals surface area contributed by atoms with Crippen molar-refractivity contribution in [1.29, 1.82) is 0 Å². The van der Waals surface area contributed by atoms with E-state index in [0.717, 1.165) is 0 Å². The van der Waals surface area contributed by atoms with E-state index < -0.39 is 18.0 Å². The molecule has 0 saturated heterocycles. The molecule has 0 bridgehead atoms. The maximum Gasteiger partial charge on any atom is 0.306 e. The number of halogens is 2. The number of hydrogen-bond acceptors (Lipinski definition) is 1. The van der Waals surface area contributed by atoms with Gasteiger partial charge in [-0.3, -0.25) is 4.79 Å². The number of rotatable bonds is 1. The Morgan fingerprint density at radius 3 is 2.17 bits per heavy atom. The van der Waals surface area contributed by atoms with Crippen molar-refractivity contribution < 1.29 is 18.7 Å². The number of allylic oxidation sites excluding steroid dienone is 1. The highest BCUT2D eigenvalue weighted by atomic mass is 19.3. The molecule has 0 unspecified atom stereocenters. The summed E-state index contributed by atoms with van der Waals surface area (Å²) in [6.45, 7) is 0. The first-order valence-corrected chi connectivity index (χ1v) is 3.87. The lowest BCUT2D eigenvalue weighted by Crippen LogP contribution is -2.17. The maximum absolute atomic E-state index is 12.0. The highest BCUT2D eigenvalue weighted by Gasteiger charge is 2.24. The van der Waals surface area contributed by atoms with Crippen LogP contribution in [-0.2, 0) is 4.79 Å². The Balaban J connectivity index is 2.51. The van der Waals surface area contributed by atoms with E-state index in [1.54, 1.807) is 0 Å². The van der Waals surface area contributed by atoms with Crippen LogP contribution < -0.4 is 0 Å². The summed E-state index contributed by atoms with van der Waals surface area (Å²) in [6.07, 6.45) is -0.457. The largest absolute Gasteiger partial charge is 0.481 e. The number of carboxylic acids is 1. The van der Waals surface area contributed by atoms with E-state index in [0.29, 0.717) is 12.8 Å². The molecule has 1 saturated carbocycles. The molecule has 1 rings (SSSR count). The lowest BCUT2D eigenvalue weighted by molar-refractivity contribution is -0.142. The molecule has 0 amide bonds. The smallest absolute Gasteiger partial charge is 0.306 e. The van der Waals surface area contributed by atoms with Gasteiger partial charge in [-0.05, 0) is 31.3 Å². The highest BCUT2D eigenvalue weighted by Crippen LogP contribution is 2.30. The zero-order valence-electron chi connectivity index (χ0n) is 6.52. The molecule has 0 aromatic carbocycles. The third kappa shape index (κ3) is 2.03. The van der Waals surface area contributed by atoms with Crippen molar-refractivity contribution in [2.45, 2.75) is 25.7 Å². The van der Waals surface area contributed by atoms with Crippen LogP contribution in [0.5, 0.6) is 0 Å². The van der Waals surface area contributed by atoms with Crippen LogP contribution in [0.15, 0.2) is 11.7 Å². The van der Waals surface area contributed by atoms with E-state index in [1.807, 2.05) is 0 Å². The van der Waals surface area contributed by atoms with Crippen LogP contribution in [-0.4, -0.2) is 11.1 Å². The Labute approximate surface area is 68.9 Å². The molecule has 1 N–H and O–H groups in total. The minimum Gasteiger partial charge on any atom is -0.481 e. The second-order valence-electron chi connectivity index (χ2n) is 2.98. The highest BCUT2D eigenvalue weighted by molar-refractivity contribution is 5.70. The molecule has 0 atom stereocenters. The topological polar surface area (TPSA) is 37.3 Å². The van der Waals surface area contributed by atoms with Gasteiger partial charge in [0.2, 0.25) is 0 Å². The molecule has 0 spiro atoms. The third-order valence-electron chi connectivity index (χ3n) is 2.21. The lowest BCUT2D eigenvalue weighted by atomic mass is 9.86. The van der Waals surface area contributed by atoms with Gasteiger partial charge < -0.3 is 5.11 Å². The zero-order valence-corrected chi connectivity index (χ0v) is 6.52. The Morgan fingerprint density at radius 2 is 1.83 bits per heavy atom. The molecule has 68 valence electrons. The molecule has 4 heteroatoms. The fourth-order valence-corrected chi connectivity index (χ4v) is 1.40. The average molecular weight is 176 g/mol. The predicted octanol–water partition coefficient (Wildman–Crippen LogP) is 2.41. The van der Waals surface area contributed by atoms with Gasteiger partial charge in [0, 0.05) is 0 Å². The lowest BCUT2D eigenvalue weighted by Gasteiger charge is -2.19. The van der Waals surface area contributed by atoms with Gasteiger partial charge >= 0.3 is 5.97 Å². The van der Waals surface area contributed by atoms with Gasteiger partial charge in [-0.2, -0.15) is 8.78 Å². The van der Waals surface area contributed by atoms with Crippen molar-refractivity contribution in [3.63, 3.8) is 0 Å². The van der Waals surface area contributed by atoms with Crippen LogP contribution in [0.3, 0.4) is 0 Å². The molecular weight excluding hydrogens is 166 g/mol. The molecule has 0 heterocycles. The number of carbonyl (C=O) groups is 1. The van der Waals surface area contributed by atoms with Gasteiger partial charge in [0.05, 0.1) is 5.92 Å². The SMILES string of the molecule is O=C(O)C1CCC(=C(F)F)CC1. The van der Waals surface area contributed by atoms with E-state index >= 15 is 0 Å². The van der Waals surface area contributed by atoms with Crippen molar-refractivity contribution in [3.05, 3.63) is 11.7 Å². The molecule has 0 aliphatic heterocycles. The van der Waals surface area contributed by atoms with Crippen LogP contribution in [0.1, 0.15) is 25.7 Å². The minimum atomic E-state index is -1.63. The first kappa shape index (κ1) is 9.16. The predicted molar refractivity (Wildman–Crippen MR) is 38.8 cm³/mol. The Bertz CT molecular complexity index is 209. The Hall–Kier alpha value is -0.930. The Kier molecular flexibility index (Phi) is 2.78. The second-order valence-corrected chi connectivity index (χ2v) is 2.98.